The van der Waals surface area contributed by atoms with Crippen molar-refractivity contribution in [3.05, 3.63) is 70.8 Å². The molecule has 2 aromatic rings. The van der Waals surface area contributed by atoms with Gasteiger partial charge >= 0.3 is 0 Å². The second-order valence-corrected chi connectivity index (χ2v) is 7.56. The summed E-state index contributed by atoms with van der Waals surface area (Å²) in [5, 5.41) is 3.58. The summed E-state index contributed by atoms with van der Waals surface area (Å²) >= 11 is 0. The van der Waals surface area contributed by atoms with E-state index in [1.165, 1.54) is 28.7 Å². The summed E-state index contributed by atoms with van der Waals surface area (Å²) in [7, 11) is 0. The first-order valence-corrected chi connectivity index (χ1v) is 8.94. The van der Waals surface area contributed by atoms with E-state index in [0.717, 1.165) is 13.1 Å². The summed E-state index contributed by atoms with van der Waals surface area (Å²) in [5.41, 5.74) is 5.87. The second-order valence-electron chi connectivity index (χ2n) is 7.56. The van der Waals surface area contributed by atoms with Crippen LogP contribution in [-0.2, 0) is 5.41 Å². The van der Waals surface area contributed by atoms with Crippen LogP contribution in [0.1, 0.15) is 68.2 Å². The zero-order valence-corrected chi connectivity index (χ0v) is 14.9. The van der Waals surface area contributed by atoms with Gasteiger partial charge in [0.2, 0.25) is 0 Å². The third-order valence-electron chi connectivity index (χ3n) is 5.42. The Morgan fingerprint density at radius 2 is 1.17 bits per heavy atom. The molecular formula is C22H29N. The Bertz CT molecular complexity index is 575. The predicted octanol–water partition coefficient (Wildman–Crippen LogP) is 5.21. The van der Waals surface area contributed by atoms with Crippen molar-refractivity contribution in [3.63, 3.8) is 0 Å². The molecule has 23 heavy (non-hydrogen) atoms. The van der Waals surface area contributed by atoms with Crippen molar-refractivity contribution in [2.24, 2.45) is 0 Å². The lowest BCUT2D eigenvalue weighted by atomic mass is 9.73. The van der Waals surface area contributed by atoms with E-state index in [0.29, 0.717) is 11.8 Å². The predicted molar refractivity (Wildman–Crippen MR) is 99.3 cm³/mol. The molecule has 1 saturated heterocycles. The van der Waals surface area contributed by atoms with E-state index in [4.69, 9.17) is 0 Å². The molecule has 0 amide bonds. The van der Waals surface area contributed by atoms with Crippen LogP contribution in [0.4, 0.5) is 0 Å². The molecule has 1 nitrogen and oxygen atoms in total. The van der Waals surface area contributed by atoms with Gasteiger partial charge in [0.25, 0.3) is 0 Å². The van der Waals surface area contributed by atoms with Crippen LogP contribution >= 0.6 is 0 Å². The van der Waals surface area contributed by atoms with Crippen molar-refractivity contribution in [2.45, 2.75) is 51.4 Å². The molecule has 1 N–H and O–H groups in total. The van der Waals surface area contributed by atoms with E-state index in [2.05, 4.69) is 81.5 Å². The first kappa shape index (κ1) is 16.3. The molecule has 0 bridgehead atoms. The average molecular weight is 307 g/mol. The summed E-state index contributed by atoms with van der Waals surface area (Å²) in [5.74, 6) is 1.18. The molecule has 0 aromatic heterocycles. The van der Waals surface area contributed by atoms with E-state index in [9.17, 15) is 0 Å². The van der Waals surface area contributed by atoms with Crippen LogP contribution in [0.25, 0.3) is 0 Å². The Balaban J connectivity index is 1.99. The van der Waals surface area contributed by atoms with Gasteiger partial charge in [-0.05, 0) is 47.1 Å². The van der Waals surface area contributed by atoms with Gasteiger partial charge < -0.3 is 5.32 Å². The SMILES string of the molecule is CC(C)c1ccc(C2(c3ccc(C(C)C)cc3)CCNC2)cc1. The maximum atomic E-state index is 3.58. The van der Waals surface area contributed by atoms with E-state index in [-0.39, 0.29) is 5.41 Å². The minimum atomic E-state index is 0.130. The molecule has 0 saturated carbocycles. The normalized spacial score (nSPS) is 17.1. The van der Waals surface area contributed by atoms with Crippen molar-refractivity contribution < 1.29 is 0 Å². The van der Waals surface area contributed by atoms with Gasteiger partial charge in [-0.1, -0.05) is 76.2 Å². The third-order valence-corrected chi connectivity index (χ3v) is 5.42. The fourth-order valence-corrected chi connectivity index (χ4v) is 3.73. The lowest BCUT2D eigenvalue weighted by molar-refractivity contribution is 0.569. The molecule has 2 aromatic carbocycles. The Morgan fingerprint density at radius 3 is 1.48 bits per heavy atom. The second kappa shape index (κ2) is 6.49. The van der Waals surface area contributed by atoms with Gasteiger partial charge in [-0.25, -0.2) is 0 Å². The van der Waals surface area contributed by atoms with Crippen LogP contribution < -0.4 is 5.32 Å². The van der Waals surface area contributed by atoms with Gasteiger partial charge in [0.1, 0.15) is 0 Å². The number of rotatable bonds is 4. The van der Waals surface area contributed by atoms with E-state index in [1.807, 2.05) is 0 Å². The van der Waals surface area contributed by atoms with Crippen LogP contribution in [0.3, 0.4) is 0 Å². The van der Waals surface area contributed by atoms with Crippen molar-refractivity contribution in [1.82, 2.24) is 5.32 Å². The standard InChI is InChI=1S/C22H29N/c1-16(2)18-5-9-20(10-6-18)22(13-14-23-15-22)21-11-7-19(8-12-21)17(3)4/h5-12,16-17,23H,13-15H2,1-4H3. The molecule has 1 heteroatoms. The zero-order valence-electron chi connectivity index (χ0n) is 14.9. The Kier molecular flexibility index (Phi) is 4.59. The van der Waals surface area contributed by atoms with Gasteiger partial charge in [-0.3, -0.25) is 0 Å². The Morgan fingerprint density at radius 1 is 0.739 bits per heavy atom. The van der Waals surface area contributed by atoms with Gasteiger partial charge in [-0.15, -0.1) is 0 Å². The molecule has 0 aliphatic carbocycles. The van der Waals surface area contributed by atoms with Crippen LogP contribution in [-0.4, -0.2) is 13.1 Å². The maximum absolute atomic E-state index is 3.58. The first-order valence-electron chi connectivity index (χ1n) is 8.94. The highest BCUT2D eigenvalue weighted by Crippen LogP contribution is 2.38. The fraction of sp³-hybridized carbons (Fsp3) is 0.455. The maximum Gasteiger partial charge on any atom is 0.0339 e. The Labute approximate surface area is 141 Å². The van der Waals surface area contributed by atoms with Gasteiger partial charge in [0.05, 0.1) is 0 Å². The van der Waals surface area contributed by atoms with Crippen LogP contribution in [0.15, 0.2) is 48.5 Å². The number of benzene rings is 2. The molecular weight excluding hydrogens is 278 g/mol. The van der Waals surface area contributed by atoms with Crippen LogP contribution in [0.5, 0.6) is 0 Å². The zero-order chi connectivity index (χ0) is 16.4. The number of hydrogen-bond acceptors (Lipinski definition) is 1. The smallest absolute Gasteiger partial charge is 0.0339 e. The molecule has 1 aliphatic heterocycles. The molecule has 0 atom stereocenters. The average Bonchev–Trinajstić information content (AvgIpc) is 3.06. The monoisotopic (exact) mass is 307 g/mol. The van der Waals surface area contributed by atoms with Crippen LogP contribution in [0, 0.1) is 0 Å². The summed E-state index contributed by atoms with van der Waals surface area (Å²) < 4.78 is 0. The minimum absolute atomic E-state index is 0.130. The van der Waals surface area contributed by atoms with E-state index < -0.39 is 0 Å². The van der Waals surface area contributed by atoms with Crippen molar-refractivity contribution >= 4 is 0 Å². The molecule has 0 radical (unpaired) electrons. The molecule has 0 unspecified atom stereocenters. The number of nitrogens with one attached hydrogen (secondary N) is 1. The fourth-order valence-electron chi connectivity index (χ4n) is 3.73. The molecule has 1 heterocycles. The van der Waals surface area contributed by atoms with E-state index in [1.54, 1.807) is 0 Å². The number of hydrogen-bond donors (Lipinski definition) is 1. The van der Waals surface area contributed by atoms with Gasteiger partial charge in [0, 0.05) is 12.0 Å². The molecule has 1 fully saturated rings. The lowest BCUT2D eigenvalue weighted by Gasteiger charge is -2.30. The first-order chi connectivity index (χ1) is 11.0. The largest absolute Gasteiger partial charge is 0.315 e. The molecule has 0 spiro atoms. The summed E-state index contributed by atoms with van der Waals surface area (Å²) in [6.07, 6.45) is 1.18. The van der Waals surface area contributed by atoms with Crippen molar-refractivity contribution in [3.8, 4) is 0 Å². The summed E-state index contributed by atoms with van der Waals surface area (Å²) in [6.45, 7) is 11.2. The van der Waals surface area contributed by atoms with Crippen molar-refractivity contribution in [1.29, 1.82) is 0 Å². The van der Waals surface area contributed by atoms with Gasteiger partial charge in [-0.2, -0.15) is 0 Å². The minimum Gasteiger partial charge on any atom is -0.315 e. The Hall–Kier alpha value is -1.60. The highest BCUT2D eigenvalue weighted by Gasteiger charge is 2.37. The van der Waals surface area contributed by atoms with Crippen molar-refractivity contribution in [2.75, 3.05) is 13.1 Å². The lowest BCUT2D eigenvalue weighted by Crippen LogP contribution is -2.30. The third kappa shape index (κ3) is 3.07. The molecule has 3 rings (SSSR count). The summed E-state index contributed by atoms with van der Waals surface area (Å²) in [6, 6.07) is 18.6. The van der Waals surface area contributed by atoms with Gasteiger partial charge in [0.15, 0.2) is 0 Å². The highest BCUT2D eigenvalue weighted by atomic mass is 14.9. The topological polar surface area (TPSA) is 12.0 Å². The van der Waals surface area contributed by atoms with E-state index >= 15 is 0 Å². The molecule has 1 aliphatic rings. The quantitative estimate of drug-likeness (QED) is 0.817. The van der Waals surface area contributed by atoms with Crippen LogP contribution in [0.2, 0.25) is 0 Å². The highest BCUT2D eigenvalue weighted by molar-refractivity contribution is 5.43. The molecule has 122 valence electrons. The summed E-state index contributed by atoms with van der Waals surface area (Å²) in [4.78, 5) is 0.